The van der Waals surface area contributed by atoms with Crippen LogP contribution >= 0.6 is 11.6 Å². The molecule has 1 aromatic rings. The smallest absolute Gasteiger partial charge is 0.410 e. The molecule has 0 bridgehead atoms. The van der Waals surface area contributed by atoms with Crippen molar-refractivity contribution in [2.24, 2.45) is 0 Å². The lowest BCUT2D eigenvalue weighted by atomic mass is 10.2. The van der Waals surface area contributed by atoms with Gasteiger partial charge in [-0.25, -0.2) is 9.78 Å². The molecule has 118 valence electrons. The Morgan fingerprint density at radius 1 is 1.36 bits per heavy atom. The molecule has 0 atom stereocenters. The van der Waals surface area contributed by atoms with Gasteiger partial charge in [0.1, 0.15) is 17.5 Å². The monoisotopic (exact) mass is 322 g/mol. The number of pyridine rings is 1. The van der Waals surface area contributed by atoms with Crippen LogP contribution in [-0.2, 0) is 4.74 Å². The Kier molecular flexibility index (Phi) is 4.77. The molecule has 0 N–H and O–H groups in total. The van der Waals surface area contributed by atoms with Crippen LogP contribution in [0.15, 0.2) is 12.3 Å². The fourth-order valence-corrected chi connectivity index (χ4v) is 2.35. The number of ether oxygens (including phenoxy) is 1. The number of piperazine rings is 1. The molecule has 1 fully saturated rings. The summed E-state index contributed by atoms with van der Waals surface area (Å²) in [7, 11) is 0. The first-order chi connectivity index (χ1) is 10.3. The lowest BCUT2D eigenvalue weighted by Gasteiger charge is -2.36. The highest BCUT2D eigenvalue weighted by Crippen LogP contribution is 2.22. The molecule has 1 aromatic heterocycles. The Bertz CT molecular complexity index is 599. The molecular weight excluding hydrogens is 304 g/mol. The highest BCUT2D eigenvalue weighted by atomic mass is 35.5. The van der Waals surface area contributed by atoms with Crippen molar-refractivity contribution in [3.05, 3.63) is 22.8 Å². The largest absolute Gasteiger partial charge is 0.444 e. The number of carbonyl (C=O) groups is 1. The molecular formula is C15H19ClN4O2. The van der Waals surface area contributed by atoms with E-state index in [1.54, 1.807) is 11.0 Å². The van der Waals surface area contributed by atoms with Crippen LogP contribution in [0.1, 0.15) is 26.3 Å². The van der Waals surface area contributed by atoms with Crippen molar-refractivity contribution < 1.29 is 9.53 Å². The minimum Gasteiger partial charge on any atom is -0.444 e. The van der Waals surface area contributed by atoms with E-state index in [9.17, 15) is 10.1 Å². The van der Waals surface area contributed by atoms with Gasteiger partial charge in [-0.1, -0.05) is 11.6 Å². The molecule has 0 aliphatic carbocycles. The standard InChI is InChI=1S/C15H19ClN4O2/c1-15(2,3)22-14(21)20-6-4-19(5-7-20)13-11(9-17)8-12(16)10-18-13/h8,10H,4-7H2,1-3H3. The average molecular weight is 323 g/mol. The maximum Gasteiger partial charge on any atom is 0.410 e. The van der Waals surface area contributed by atoms with Gasteiger partial charge in [0, 0.05) is 32.4 Å². The molecule has 0 unspecified atom stereocenters. The van der Waals surface area contributed by atoms with Gasteiger partial charge in [-0.05, 0) is 26.8 Å². The van der Waals surface area contributed by atoms with Gasteiger partial charge in [0.15, 0.2) is 0 Å². The van der Waals surface area contributed by atoms with Crippen molar-refractivity contribution in [1.29, 1.82) is 5.26 Å². The molecule has 2 rings (SSSR count). The Morgan fingerprint density at radius 2 is 2.00 bits per heavy atom. The third kappa shape index (κ3) is 4.01. The van der Waals surface area contributed by atoms with E-state index in [1.165, 1.54) is 6.20 Å². The summed E-state index contributed by atoms with van der Waals surface area (Å²) in [5, 5.41) is 9.62. The van der Waals surface area contributed by atoms with Crippen LogP contribution in [0.25, 0.3) is 0 Å². The summed E-state index contributed by atoms with van der Waals surface area (Å²) in [5.74, 6) is 0.607. The van der Waals surface area contributed by atoms with Crippen LogP contribution in [-0.4, -0.2) is 47.8 Å². The van der Waals surface area contributed by atoms with E-state index in [1.807, 2.05) is 25.7 Å². The number of hydrogen-bond donors (Lipinski definition) is 0. The van der Waals surface area contributed by atoms with Crippen molar-refractivity contribution in [1.82, 2.24) is 9.88 Å². The van der Waals surface area contributed by atoms with Gasteiger partial charge in [-0.3, -0.25) is 0 Å². The van der Waals surface area contributed by atoms with Crippen molar-refractivity contribution in [3.63, 3.8) is 0 Å². The van der Waals surface area contributed by atoms with E-state index >= 15 is 0 Å². The first kappa shape index (κ1) is 16.4. The number of hydrogen-bond acceptors (Lipinski definition) is 5. The predicted octanol–water partition coefficient (Wildman–Crippen LogP) is 2.66. The number of anilines is 1. The third-order valence-electron chi connectivity index (χ3n) is 3.18. The highest BCUT2D eigenvalue weighted by molar-refractivity contribution is 6.30. The molecule has 22 heavy (non-hydrogen) atoms. The molecule has 1 amide bonds. The summed E-state index contributed by atoms with van der Waals surface area (Å²) in [6.45, 7) is 7.80. The summed E-state index contributed by atoms with van der Waals surface area (Å²) < 4.78 is 5.36. The Morgan fingerprint density at radius 3 is 2.55 bits per heavy atom. The summed E-state index contributed by atoms with van der Waals surface area (Å²) in [6.07, 6.45) is 1.22. The van der Waals surface area contributed by atoms with Crippen molar-refractivity contribution in [3.8, 4) is 6.07 Å². The SMILES string of the molecule is CC(C)(C)OC(=O)N1CCN(c2ncc(Cl)cc2C#N)CC1. The highest BCUT2D eigenvalue weighted by Gasteiger charge is 2.27. The van der Waals surface area contributed by atoms with Crippen molar-refractivity contribution >= 4 is 23.5 Å². The second-order valence-corrected chi connectivity index (χ2v) is 6.53. The summed E-state index contributed by atoms with van der Waals surface area (Å²) in [5.41, 5.74) is -0.0573. The summed E-state index contributed by atoms with van der Waals surface area (Å²) >= 11 is 5.86. The second kappa shape index (κ2) is 6.41. The minimum atomic E-state index is -0.500. The molecule has 1 saturated heterocycles. The molecule has 7 heteroatoms. The van der Waals surface area contributed by atoms with E-state index in [0.29, 0.717) is 42.6 Å². The molecule has 0 saturated carbocycles. The van der Waals surface area contributed by atoms with Crippen LogP contribution in [0.4, 0.5) is 10.6 Å². The lowest BCUT2D eigenvalue weighted by Crippen LogP contribution is -2.50. The minimum absolute atomic E-state index is 0.309. The first-order valence-corrected chi connectivity index (χ1v) is 7.46. The zero-order chi connectivity index (χ0) is 16.3. The summed E-state index contributed by atoms with van der Waals surface area (Å²) in [4.78, 5) is 19.9. The normalized spacial score (nSPS) is 15.4. The van der Waals surface area contributed by atoms with Crippen LogP contribution in [0.3, 0.4) is 0 Å². The van der Waals surface area contributed by atoms with E-state index in [2.05, 4.69) is 11.1 Å². The number of aromatic nitrogens is 1. The Labute approximate surface area is 135 Å². The maximum atomic E-state index is 12.0. The van der Waals surface area contributed by atoms with Crippen LogP contribution in [0.2, 0.25) is 5.02 Å². The topological polar surface area (TPSA) is 69.5 Å². The fourth-order valence-electron chi connectivity index (χ4n) is 2.19. The fraction of sp³-hybridized carbons (Fsp3) is 0.533. The number of nitriles is 1. The van der Waals surface area contributed by atoms with E-state index < -0.39 is 5.60 Å². The van der Waals surface area contributed by atoms with E-state index in [4.69, 9.17) is 16.3 Å². The predicted molar refractivity (Wildman–Crippen MR) is 84.0 cm³/mol. The summed E-state index contributed by atoms with van der Waals surface area (Å²) in [6, 6.07) is 3.71. The molecule has 0 spiro atoms. The second-order valence-electron chi connectivity index (χ2n) is 6.09. The number of nitrogens with zero attached hydrogens (tertiary/aromatic N) is 4. The molecule has 6 nitrogen and oxygen atoms in total. The van der Waals surface area contributed by atoms with Crippen LogP contribution < -0.4 is 4.90 Å². The number of rotatable bonds is 1. The number of amides is 1. The van der Waals surface area contributed by atoms with Gasteiger partial charge in [-0.15, -0.1) is 0 Å². The van der Waals surface area contributed by atoms with Gasteiger partial charge in [0.05, 0.1) is 10.6 Å². The lowest BCUT2D eigenvalue weighted by molar-refractivity contribution is 0.0240. The number of carbonyl (C=O) groups excluding carboxylic acids is 1. The third-order valence-corrected chi connectivity index (χ3v) is 3.39. The molecule has 0 radical (unpaired) electrons. The molecule has 1 aliphatic heterocycles. The zero-order valence-electron chi connectivity index (χ0n) is 13.0. The van der Waals surface area contributed by atoms with E-state index in [-0.39, 0.29) is 6.09 Å². The van der Waals surface area contributed by atoms with Gasteiger partial charge in [0.25, 0.3) is 0 Å². The number of halogens is 1. The van der Waals surface area contributed by atoms with Crippen molar-refractivity contribution in [2.75, 3.05) is 31.1 Å². The quantitative estimate of drug-likeness (QED) is 0.795. The van der Waals surface area contributed by atoms with Gasteiger partial charge < -0.3 is 14.5 Å². The van der Waals surface area contributed by atoms with Gasteiger partial charge in [-0.2, -0.15) is 5.26 Å². The maximum absolute atomic E-state index is 12.0. The van der Waals surface area contributed by atoms with Crippen LogP contribution in [0, 0.1) is 11.3 Å². The Balaban J connectivity index is 2.01. The molecule has 2 heterocycles. The average Bonchev–Trinajstić information content (AvgIpc) is 2.45. The molecule has 0 aromatic carbocycles. The zero-order valence-corrected chi connectivity index (χ0v) is 13.7. The van der Waals surface area contributed by atoms with Gasteiger partial charge >= 0.3 is 6.09 Å². The van der Waals surface area contributed by atoms with E-state index in [0.717, 1.165) is 0 Å². The van der Waals surface area contributed by atoms with Gasteiger partial charge in [0.2, 0.25) is 0 Å². The molecule has 1 aliphatic rings. The van der Waals surface area contributed by atoms with Crippen LogP contribution in [0.5, 0.6) is 0 Å². The first-order valence-electron chi connectivity index (χ1n) is 7.08. The van der Waals surface area contributed by atoms with Crippen molar-refractivity contribution in [2.45, 2.75) is 26.4 Å². The Hall–Kier alpha value is -2.00.